The molecule has 3 nitrogen and oxygen atoms in total. The van der Waals surface area contributed by atoms with Gasteiger partial charge in [0, 0.05) is 19.5 Å². The van der Waals surface area contributed by atoms with Crippen LogP contribution in [-0.4, -0.2) is 15.8 Å². The van der Waals surface area contributed by atoms with E-state index in [1.54, 1.807) is 0 Å². The molecular formula is C17H26ClN3. The summed E-state index contributed by atoms with van der Waals surface area (Å²) in [5.74, 6) is 2.85. The lowest BCUT2D eigenvalue weighted by Crippen LogP contribution is -2.55. The molecule has 1 aromatic heterocycles. The van der Waals surface area contributed by atoms with Gasteiger partial charge in [0.2, 0.25) is 0 Å². The maximum atomic E-state index is 6.75. The highest BCUT2D eigenvalue weighted by Gasteiger charge is 2.53. The van der Waals surface area contributed by atoms with Gasteiger partial charge in [0.1, 0.15) is 0 Å². The van der Waals surface area contributed by atoms with Crippen LogP contribution in [0.25, 0.3) is 0 Å². The van der Waals surface area contributed by atoms with Crippen molar-refractivity contribution in [2.45, 2.75) is 57.9 Å². The molecule has 5 rings (SSSR count). The van der Waals surface area contributed by atoms with E-state index in [1.165, 1.54) is 38.5 Å². The molecule has 21 heavy (non-hydrogen) atoms. The molecule has 2 N–H and O–H groups in total. The van der Waals surface area contributed by atoms with Crippen LogP contribution in [0.4, 0.5) is 0 Å². The summed E-state index contributed by atoms with van der Waals surface area (Å²) in [4.78, 5) is 0. The minimum atomic E-state index is 0.234. The fourth-order valence-electron chi connectivity index (χ4n) is 5.96. The third-order valence-electron chi connectivity index (χ3n) is 6.55. The van der Waals surface area contributed by atoms with Crippen LogP contribution in [0.15, 0.2) is 0 Å². The average molecular weight is 308 g/mol. The Bertz CT molecular complexity index is 527. The van der Waals surface area contributed by atoms with Crippen LogP contribution in [-0.2, 0) is 13.5 Å². The molecule has 0 aliphatic heterocycles. The van der Waals surface area contributed by atoms with Gasteiger partial charge >= 0.3 is 0 Å². The Morgan fingerprint density at radius 2 is 1.76 bits per heavy atom. The summed E-state index contributed by atoms with van der Waals surface area (Å²) in [5, 5.41) is 5.26. The lowest BCUT2D eigenvalue weighted by Gasteiger charge is -2.59. The topological polar surface area (TPSA) is 43.8 Å². The van der Waals surface area contributed by atoms with Crippen molar-refractivity contribution in [3.05, 3.63) is 16.4 Å². The molecule has 0 spiro atoms. The van der Waals surface area contributed by atoms with Crippen molar-refractivity contribution in [3.63, 3.8) is 0 Å². The van der Waals surface area contributed by atoms with Crippen molar-refractivity contribution < 1.29 is 0 Å². The molecule has 4 aliphatic carbocycles. The minimum absolute atomic E-state index is 0.234. The molecule has 4 fully saturated rings. The molecule has 0 amide bonds. The maximum absolute atomic E-state index is 6.75. The van der Waals surface area contributed by atoms with E-state index in [0.29, 0.717) is 5.41 Å². The highest BCUT2D eigenvalue weighted by atomic mass is 35.5. The zero-order valence-corrected chi connectivity index (χ0v) is 13.9. The number of nitrogens with zero attached hydrogens (tertiary/aromatic N) is 2. The predicted octanol–water partition coefficient (Wildman–Crippen LogP) is 3.47. The first-order valence-electron chi connectivity index (χ1n) is 8.40. The Morgan fingerprint density at radius 3 is 2.19 bits per heavy atom. The SMILES string of the molecule is Cc1nn(C)c(CC(N)C23CC4CC(CC(C4)C2)C3)c1Cl. The second kappa shape index (κ2) is 4.73. The van der Waals surface area contributed by atoms with Crippen LogP contribution in [0.1, 0.15) is 49.9 Å². The number of aromatic nitrogens is 2. The van der Waals surface area contributed by atoms with E-state index >= 15 is 0 Å². The number of aryl methyl sites for hydroxylation is 2. The number of hydrogen-bond acceptors (Lipinski definition) is 2. The normalized spacial score (nSPS) is 39.0. The monoisotopic (exact) mass is 307 g/mol. The van der Waals surface area contributed by atoms with Crippen LogP contribution in [0, 0.1) is 30.1 Å². The Kier molecular flexibility index (Phi) is 3.17. The van der Waals surface area contributed by atoms with Gasteiger partial charge in [-0.2, -0.15) is 5.10 Å². The molecule has 4 bridgehead atoms. The number of hydrogen-bond donors (Lipinski definition) is 1. The van der Waals surface area contributed by atoms with Gasteiger partial charge in [-0.15, -0.1) is 0 Å². The van der Waals surface area contributed by atoms with Crippen LogP contribution in [0.5, 0.6) is 0 Å². The van der Waals surface area contributed by atoms with Crippen LogP contribution < -0.4 is 5.73 Å². The summed E-state index contributed by atoms with van der Waals surface area (Å²) >= 11 is 6.43. The molecule has 0 saturated heterocycles. The third kappa shape index (κ3) is 2.16. The maximum Gasteiger partial charge on any atom is 0.0847 e. The largest absolute Gasteiger partial charge is 0.327 e. The van der Waals surface area contributed by atoms with Crippen molar-refractivity contribution >= 4 is 11.6 Å². The van der Waals surface area contributed by atoms with Crippen molar-refractivity contribution in [3.8, 4) is 0 Å². The van der Waals surface area contributed by atoms with Gasteiger partial charge in [0.25, 0.3) is 0 Å². The lowest BCUT2D eigenvalue weighted by molar-refractivity contribution is -0.0670. The van der Waals surface area contributed by atoms with Gasteiger partial charge in [-0.1, -0.05) is 11.6 Å². The van der Waals surface area contributed by atoms with Crippen molar-refractivity contribution in [2.75, 3.05) is 0 Å². The van der Waals surface area contributed by atoms with E-state index in [4.69, 9.17) is 17.3 Å². The zero-order valence-electron chi connectivity index (χ0n) is 13.1. The smallest absolute Gasteiger partial charge is 0.0847 e. The lowest BCUT2D eigenvalue weighted by atomic mass is 9.47. The number of rotatable bonds is 3. The molecule has 1 heterocycles. The van der Waals surface area contributed by atoms with Crippen LogP contribution >= 0.6 is 11.6 Å². The summed E-state index contributed by atoms with van der Waals surface area (Å²) < 4.78 is 1.93. The van der Waals surface area contributed by atoms with Gasteiger partial charge in [-0.25, -0.2) is 0 Å². The van der Waals surface area contributed by atoms with Gasteiger partial charge in [0.05, 0.1) is 16.4 Å². The highest BCUT2D eigenvalue weighted by molar-refractivity contribution is 6.31. The number of halogens is 1. The van der Waals surface area contributed by atoms with Gasteiger partial charge in [-0.3, -0.25) is 4.68 Å². The summed E-state index contributed by atoms with van der Waals surface area (Å²) in [6.07, 6.45) is 9.35. The molecule has 4 heteroatoms. The van der Waals surface area contributed by atoms with E-state index in [0.717, 1.165) is 40.6 Å². The number of nitrogens with two attached hydrogens (primary N) is 1. The Hall–Kier alpha value is -0.540. The van der Waals surface area contributed by atoms with E-state index < -0.39 is 0 Å². The zero-order chi connectivity index (χ0) is 14.8. The molecule has 0 aromatic carbocycles. The Morgan fingerprint density at radius 1 is 1.24 bits per heavy atom. The summed E-state index contributed by atoms with van der Waals surface area (Å²) in [6, 6.07) is 0.234. The molecule has 1 unspecified atom stereocenters. The fourth-order valence-corrected chi connectivity index (χ4v) is 6.20. The minimum Gasteiger partial charge on any atom is -0.327 e. The first-order chi connectivity index (χ1) is 9.97. The van der Waals surface area contributed by atoms with E-state index in [1.807, 2.05) is 18.7 Å². The first-order valence-corrected chi connectivity index (χ1v) is 8.78. The highest BCUT2D eigenvalue weighted by Crippen LogP contribution is 2.61. The molecule has 1 aromatic rings. The van der Waals surface area contributed by atoms with Crippen LogP contribution in [0.3, 0.4) is 0 Å². The second-order valence-corrected chi connectivity index (χ2v) is 8.44. The quantitative estimate of drug-likeness (QED) is 0.929. The fraction of sp³-hybridized carbons (Fsp3) is 0.824. The molecule has 4 aliphatic rings. The molecule has 116 valence electrons. The summed E-state index contributed by atoms with van der Waals surface area (Å²) in [6.45, 7) is 1.97. The summed E-state index contributed by atoms with van der Waals surface area (Å²) in [5.41, 5.74) is 9.18. The van der Waals surface area contributed by atoms with Crippen molar-refractivity contribution in [1.29, 1.82) is 0 Å². The Labute approximate surface area is 132 Å². The van der Waals surface area contributed by atoms with Crippen LogP contribution in [0.2, 0.25) is 5.02 Å². The van der Waals surface area contributed by atoms with Crippen molar-refractivity contribution in [1.82, 2.24) is 9.78 Å². The molecule has 4 saturated carbocycles. The van der Waals surface area contributed by atoms with Gasteiger partial charge in [0.15, 0.2) is 0 Å². The van der Waals surface area contributed by atoms with E-state index in [-0.39, 0.29) is 6.04 Å². The van der Waals surface area contributed by atoms with Gasteiger partial charge < -0.3 is 5.73 Å². The van der Waals surface area contributed by atoms with Gasteiger partial charge in [-0.05, 0) is 68.6 Å². The van der Waals surface area contributed by atoms with E-state index in [9.17, 15) is 0 Å². The Balaban J connectivity index is 1.58. The molecular weight excluding hydrogens is 282 g/mol. The summed E-state index contributed by atoms with van der Waals surface area (Å²) in [7, 11) is 1.99. The standard InChI is InChI=1S/C17H26ClN3/c1-10-16(18)14(21(2)20-10)6-15(19)17-7-11-3-12(8-17)5-13(4-11)9-17/h11-13,15H,3-9,19H2,1-2H3. The van der Waals surface area contributed by atoms with E-state index in [2.05, 4.69) is 5.10 Å². The third-order valence-corrected chi connectivity index (χ3v) is 7.04. The second-order valence-electron chi connectivity index (χ2n) is 8.06. The first kappa shape index (κ1) is 14.1. The average Bonchev–Trinajstić information content (AvgIpc) is 2.64. The van der Waals surface area contributed by atoms with Crippen molar-refractivity contribution in [2.24, 2.45) is 36.0 Å². The molecule has 1 atom stereocenters. The predicted molar refractivity (Wildman–Crippen MR) is 85.2 cm³/mol. The molecule has 0 radical (unpaired) electrons.